The van der Waals surface area contributed by atoms with Gasteiger partial charge in [-0.2, -0.15) is 0 Å². The number of carboxylic acids is 1. The molecule has 0 rings (SSSR count). The van der Waals surface area contributed by atoms with Crippen LogP contribution in [-0.4, -0.2) is 35.6 Å². The lowest BCUT2D eigenvalue weighted by molar-refractivity contribution is -0.139. The van der Waals surface area contributed by atoms with E-state index in [1.54, 1.807) is 13.8 Å². The molecule has 0 unspecified atom stereocenters. The van der Waals surface area contributed by atoms with Crippen LogP contribution >= 0.6 is 0 Å². The second-order valence-corrected chi connectivity index (χ2v) is 5.60. The Hall–Kier alpha value is -1.79. The van der Waals surface area contributed by atoms with Gasteiger partial charge in [0.05, 0.1) is 5.41 Å². The Bertz CT molecular complexity index is 353. The number of carbonyl (C=O) groups is 3. The Morgan fingerprint density at radius 2 is 1.79 bits per heavy atom. The number of amides is 3. The van der Waals surface area contributed by atoms with Crippen molar-refractivity contribution in [1.29, 1.82) is 0 Å². The van der Waals surface area contributed by atoms with Crippen molar-refractivity contribution in [2.24, 2.45) is 17.1 Å². The smallest absolute Gasteiger partial charge is 0.326 e. The van der Waals surface area contributed by atoms with Crippen LogP contribution in [0.3, 0.4) is 0 Å². The summed E-state index contributed by atoms with van der Waals surface area (Å²) < 4.78 is 0. The third-order valence-electron chi connectivity index (χ3n) is 2.67. The van der Waals surface area contributed by atoms with Crippen LogP contribution in [0.2, 0.25) is 0 Å². The first kappa shape index (κ1) is 17.2. The van der Waals surface area contributed by atoms with Crippen molar-refractivity contribution in [3.8, 4) is 0 Å². The Morgan fingerprint density at radius 1 is 1.26 bits per heavy atom. The fraction of sp³-hybridized carbons (Fsp3) is 0.750. The minimum Gasteiger partial charge on any atom is -0.480 e. The van der Waals surface area contributed by atoms with Crippen molar-refractivity contribution >= 4 is 17.9 Å². The summed E-state index contributed by atoms with van der Waals surface area (Å²) in [4.78, 5) is 33.6. The molecular weight excluding hydrogens is 250 g/mol. The molecule has 1 atom stereocenters. The summed E-state index contributed by atoms with van der Waals surface area (Å²) >= 11 is 0. The van der Waals surface area contributed by atoms with Crippen LogP contribution < -0.4 is 16.4 Å². The Kier molecular flexibility index (Phi) is 6.31. The van der Waals surface area contributed by atoms with Crippen molar-refractivity contribution in [3.05, 3.63) is 0 Å². The van der Waals surface area contributed by atoms with Crippen LogP contribution in [-0.2, 0) is 9.59 Å². The minimum absolute atomic E-state index is 0.0438. The third-order valence-corrected chi connectivity index (χ3v) is 2.67. The Balaban J connectivity index is 4.36. The molecule has 19 heavy (non-hydrogen) atoms. The first-order valence-electron chi connectivity index (χ1n) is 6.13. The van der Waals surface area contributed by atoms with Gasteiger partial charge >= 0.3 is 12.0 Å². The molecule has 0 aromatic rings. The largest absolute Gasteiger partial charge is 0.480 e. The number of primary amides is 1. The van der Waals surface area contributed by atoms with Gasteiger partial charge in [-0.15, -0.1) is 0 Å². The summed E-state index contributed by atoms with van der Waals surface area (Å²) in [6.45, 7) is 6.97. The van der Waals surface area contributed by atoms with Gasteiger partial charge in [-0.3, -0.25) is 4.79 Å². The monoisotopic (exact) mass is 273 g/mol. The van der Waals surface area contributed by atoms with E-state index in [0.717, 1.165) is 0 Å². The quantitative estimate of drug-likeness (QED) is 0.532. The summed E-state index contributed by atoms with van der Waals surface area (Å²) in [5.41, 5.74) is 4.29. The molecule has 0 saturated heterocycles. The van der Waals surface area contributed by atoms with Gasteiger partial charge < -0.3 is 21.5 Å². The zero-order valence-electron chi connectivity index (χ0n) is 11.8. The molecule has 5 N–H and O–H groups in total. The summed E-state index contributed by atoms with van der Waals surface area (Å²) in [7, 11) is 0. The van der Waals surface area contributed by atoms with Crippen LogP contribution in [0.1, 0.15) is 34.1 Å². The Morgan fingerprint density at radius 3 is 2.16 bits per heavy atom. The van der Waals surface area contributed by atoms with Gasteiger partial charge in [-0.25, -0.2) is 9.59 Å². The molecule has 0 aliphatic carbocycles. The highest BCUT2D eigenvalue weighted by atomic mass is 16.4. The zero-order valence-corrected chi connectivity index (χ0v) is 11.8. The maximum absolute atomic E-state index is 11.6. The number of hydrogen-bond donors (Lipinski definition) is 4. The lowest BCUT2D eigenvalue weighted by Gasteiger charge is -2.22. The first-order chi connectivity index (χ1) is 8.56. The van der Waals surface area contributed by atoms with E-state index in [-0.39, 0.29) is 12.5 Å². The lowest BCUT2D eigenvalue weighted by Crippen LogP contribution is -2.50. The predicted molar refractivity (Wildman–Crippen MR) is 70.4 cm³/mol. The van der Waals surface area contributed by atoms with E-state index in [0.29, 0.717) is 6.42 Å². The van der Waals surface area contributed by atoms with Gasteiger partial charge in [-0.1, -0.05) is 13.8 Å². The number of urea groups is 1. The van der Waals surface area contributed by atoms with E-state index in [2.05, 4.69) is 10.6 Å². The van der Waals surface area contributed by atoms with Crippen molar-refractivity contribution in [2.45, 2.75) is 40.2 Å². The van der Waals surface area contributed by atoms with Crippen LogP contribution in [0.5, 0.6) is 0 Å². The van der Waals surface area contributed by atoms with E-state index in [4.69, 9.17) is 10.8 Å². The zero-order chi connectivity index (χ0) is 15.2. The Labute approximate surface area is 112 Å². The fourth-order valence-corrected chi connectivity index (χ4v) is 1.29. The third kappa shape index (κ3) is 6.64. The molecule has 7 heteroatoms. The van der Waals surface area contributed by atoms with Crippen LogP contribution in [0.15, 0.2) is 0 Å². The second kappa shape index (κ2) is 6.96. The molecule has 110 valence electrons. The van der Waals surface area contributed by atoms with E-state index in [1.165, 1.54) is 0 Å². The van der Waals surface area contributed by atoms with Crippen molar-refractivity contribution < 1.29 is 19.5 Å². The number of nitrogens with one attached hydrogen (secondary N) is 2. The summed E-state index contributed by atoms with van der Waals surface area (Å²) in [6, 6.07) is -1.57. The lowest BCUT2D eigenvalue weighted by atomic mass is 9.93. The second-order valence-electron chi connectivity index (χ2n) is 5.60. The summed E-state index contributed by atoms with van der Waals surface area (Å²) in [5, 5.41) is 13.8. The van der Waals surface area contributed by atoms with E-state index < -0.39 is 29.4 Å². The van der Waals surface area contributed by atoms with E-state index in [1.807, 2.05) is 13.8 Å². The van der Waals surface area contributed by atoms with Gasteiger partial charge in [0.1, 0.15) is 6.04 Å². The van der Waals surface area contributed by atoms with Gasteiger partial charge in [0.25, 0.3) is 0 Å². The average Bonchev–Trinajstić information content (AvgIpc) is 2.24. The van der Waals surface area contributed by atoms with Crippen molar-refractivity contribution in [1.82, 2.24) is 10.6 Å². The molecule has 0 aromatic carbocycles. The number of carboxylic acid groups (broad SMARTS) is 1. The average molecular weight is 273 g/mol. The molecule has 0 bridgehead atoms. The summed E-state index contributed by atoms with van der Waals surface area (Å²) in [5.74, 6) is -1.48. The standard InChI is InChI=1S/C12H23N3O4/c1-7(2)5-8(9(16)17)15-11(19)14-6-12(3,4)10(13)18/h7-8H,5-6H2,1-4H3,(H2,13,18)(H,16,17)(H2,14,15,19)/t8-/m0/s1. The molecule has 0 spiro atoms. The normalized spacial score (nSPS) is 12.9. The van der Waals surface area contributed by atoms with Gasteiger partial charge in [0.15, 0.2) is 0 Å². The molecule has 0 aromatic heterocycles. The molecule has 0 radical (unpaired) electrons. The predicted octanol–water partition coefficient (Wildman–Crippen LogP) is 0.296. The molecule has 0 saturated carbocycles. The fourth-order valence-electron chi connectivity index (χ4n) is 1.29. The maximum Gasteiger partial charge on any atom is 0.326 e. The van der Waals surface area contributed by atoms with Crippen LogP contribution in [0.25, 0.3) is 0 Å². The highest BCUT2D eigenvalue weighted by Crippen LogP contribution is 2.11. The van der Waals surface area contributed by atoms with E-state index in [9.17, 15) is 14.4 Å². The molecular formula is C12H23N3O4. The molecule has 0 aliphatic heterocycles. The van der Waals surface area contributed by atoms with E-state index >= 15 is 0 Å². The first-order valence-corrected chi connectivity index (χ1v) is 6.13. The van der Waals surface area contributed by atoms with Crippen LogP contribution in [0, 0.1) is 11.3 Å². The topological polar surface area (TPSA) is 122 Å². The molecule has 3 amide bonds. The highest BCUT2D eigenvalue weighted by Gasteiger charge is 2.26. The minimum atomic E-state index is -1.09. The van der Waals surface area contributed by atoms with Gasteiger partial charge in [-0.05, 0) is 26.2 Å². The number of nitrogens with two attached hydrogens (primary N) is 1. The molecule has 7 nitrogen and oxygen atoms in total. The van der Waals surface area contributed by atoms with Crippen LogP contribution in [0.4, 0.5) is 4.79 Å². The summed E-state index contributed by atoms with van der Waals surface area (Å²) in [6.07, 6.45) is 0.335. The molecule has 0 fully saturated rings. The highest BCUT2D eigenvalue weighted by molar-refractivity contribution is 5.84. The van der Waals surface area contributed by atoms with Crippen molar-refractivity contribution in [3.63, 3.8) is 0 Å². The number of hydrogen-bond acceptors (Lipinski definition) is 3. The van der Waals surface area contributed by atoms with Gasteiger partial charge in [0.2, 0.25) is 5.91 Å². The number of rotatable bonds is 7. The van der Waals surface area contributed by atoms with Gasteiger partial charge in [0, 0.05) is 6.54 Å². The maximum atomic E-state index is 11.6. The molecule has 0 heterocycles. The number of aliphatic carboxylic acids is 1. The SMILES string of the molecule is CC(C)C[C@H](NC(=O)NCC(C)(C)C(N)=O)C(=O)O. The van der Waals surface area contributed by atoms with Crippen molar-refractivity contribution in [2.75, 3.05) is 6.54 Å². The molecule has 0 aliphatic rings. The number of carbonyl (C=O) groups excluding carboxylic acids is 2.